The Morgan fingerprint density at radius 2 is 2.04 bits per heavy atom. The summed E-state index contributed by atoms with van der Waals surface area (Å²) < 4.78 is 38.9. The van der Waals surface area contributed by atoms with Gasteiger partial charge in [0, 0.05) is 6.07 Å². The molecule has 2 rings (SSSR count). The van der Waals surface area contributed by atoms with Crippen molar-refractivity contribution in [3.05, 3.63) is 35.4 Å². The van der Waals surface area contributed by atoms with Gasteiger partial charge >= 0.3 is 6.18 Å². The molecular formula is C16H16F3N6OS+. The number of hydrogen-bond acceptors (Lipinski definition) is 6. The van der Waals surface area contributed by atoms with Crippen LogP contribution in [0.5, 0.6) is 0 Å². The molecule has 7 nitrogen and oxygen atoms in total. The molecule has 0 saturated heterocycles. The van der Waals surface area contributed by atoms with Gasteiger partial charge in [-0.05, 0) is 18.4 Å². The summed E-state index contributed by atoms with van der Waals surface area (Å²) in [7, 11) is 1.44. The van der Waals surface area contributed by atoms with Gasteiger partial charge in [-0.1, -0.05) is 6.07 Å². The Bertz CT molecular complexity index is 927. The fourth-order valence-electron chi connectivity index (χ4n) is 2.64. The van der Waals surface area contributed by atoms with E-state index >= 15 is 0 Å². The van der Waals surface area contributed by atoms with Crippen molar-refractivity contribution in [2.75, 3.05) is 25.6 Å². The fraction of sp³-hybridized carbons (Fsp3) is 0.250. The van der Waals surface area contributed by atoms with Gasteiger partial charge in [0.15, 0.2) is 12.1 Å². The molecule has 0 aliphatic rings. The number of nitrogens with zero attached hydrogens (tertiary/aromatic N) is 4. The molecule has 27 heavy (non-hydrogen) atoms. The third-order valence-electron chi connectivity index (χ3n) is 3.86. The van der Waals surface area contributed by atoms with Gasteiger partial charge in [-0.2, -0.15) is 23.4 Å². The van der Waals surface area contributed by atoms with Gasteiger partial charge in [0.05, 0.1) is 12.6 Å². The number of thioether (sulfide) groups is 1. The smallest absolute Gasteiger partial charge is 0.368 e. The van der Waals surface area contributed by atoms with Gasteiger partial charge in [0.2, 0.25) is 5.95 Å². The number of aromatic nitrogens is 2. The molecule has 1 heterocycles. The maximum absolute atomic E-state index is 13.1. The molecule has 0 aliphatic carbocycles. The maximum atomic E-state index is 13.1. The van der Waals surface area contributed by atoms with Crippen LogP contribution in [0, 0.1) is 11.3 Å². The zero-order chi connectivity index (χ0) is 20.4. The molecule has 0 bridgehead atoms. The highest BCUT2D eigenvalue weighted by Crippen LogP contribution is 2.39. The van der Waals surface area contributed by atoms with E-state index in [-0.39, 0.29) is 28.0 Å². The molecule has 1 amide bonds. The van der Waals surface area contributed by atoms with Crippen LogP contribution >= 0.6 is 11.8 Å². The van der Waals surface area contributed by atoms with Crippen molar-refractivity contribution in [3.63, 3.8) is 0 Å². The zero-order valence-corrected chi connectivity index (χ0v) is 15.2. The number of carbonyl (C=O) groups excluding carboxylic acids is 1. The molecule has 0 radical (unpaired) electrons. The topological polar surface area (TPSA) is 119 Å². The first-order valence-electron chi connectivity index (χ1n) is 7.46. The summed E-state index contributed by atoms with van der Waals surface area (Å²) in [4.78, 5) is 19.7. The van der Waals surface area contributed by atoms with Crippen LogP contribution in [0.4, 0.5) is 30.6 Å². The number of amides is 1. The number of halogens is 3. The van der Waals surface area contributed by atoms with Gasteiger partial charge < -0.3 is 11.5 Å². The second-order valence-corrected chi connectivity index (χ2v) is 6.56. The SMILES string of the molecule is CSc1nc(N)nc([N+](C)(CC(N)=O)c2cccc(C(F)(F)F)c2)c1C#N. The van der Waals surface area contributed by atoms with Gasteiger partial charge in [-0.3, -0.25) is 4.79 Å². The number of primary amides is 1. The van der Waals surface area contributed by atoms with Crippen molar-refractivity contribution < 1.29 is 18.0 Å². The molecule has 1 aromatic carbocycles. The summed E-state index contributed by atoms with van der Waals surface area (Å²) in [6, 6.07) is 6.35. The minimum atomic E-state index is -4.58. The summed E-state index contributed by atoms with van der Waals surface area (Å²) in [5.74, 6) is -0.969. The van der Waals surface area contributed by atoms with E-state index in [4.69, 9.17) is 11.5 Å². The van der Waals surface area contributed by atoms with Crippen LogP contribution in [0.2, 0.25) is 0 Å². The predicted molar refractivity (Wildman–Crippen MR) is 95.8 cm³/mol. The van der Waals surface area contributed by atoms with Crippen molar-refractivity contribution in [1.82, 2.24) is 14.5 Å². The third-order valence-corrected chi connectivity index (χ3v) is 4.54. The Hall–Kier alpha value is -2.84. The largest absolute Gasteiger partial charge is 0.416 e. The monoisotopic (exact) mass is 397 g/mol. The molecule has 11 heteroatoms. The Morgan fingerprint density at radius 3 is 2.56 bits per heavy atom. The first-order valence-corrected chi connectivity index (χ1v) is 8.69. The van der Waals surface area contributed by atoms with E-state index in [1.54, 1.807) is 6.26 Å². The van der Waals surface area contributed by atoms with Gasteiger partial charge in [-0.15, -0.1) is 11.8 Å². The van der Waals surface area contributed by atoms with E-state index in [0.717, 1.165) is 23.9 Å². The van der Waals surface area contributed by atoms with Crippen LogP contribution in [0.15, 0.2) is 29.3 Å². The number of hydrogen-bond donors (Lipinski definition) is 2. The van der Waals surface area contributed by atoms with Crippen LogP contribution in [-0.4, -0.2) is 35.7 Å². The highest BCUT2D eigenvalue weighted by Gasteiger charge is 2.39. The zero-order valence-electron chi connectivity index (χ0n) is 14.4. The number of rotatable bonds is 5. The molecule has 2 aromatic rings. The molecule has 1 unspecified atom stereocenters. The number of benzene rings is 1. The Labute approximate surface area is 157 Å². The fourth-order valence-corrected chi connectivity index (χ4v) is 3.16. The summed E-state index contributed by atoms with van der Waals surface area (Å²) in [5.41, 5.74) is 10.2. The lowest BCUT2D eigenvalue weighted by Crippen LogP contribution is -2.47. The summed E-state index contributed by atoms with van der Waals surface area (Å²) in [6.07, 6.45) is -2.92. The van der Waals surface area contributed by atoms with Crippen molar-refractivity contribution in [3.8, 4) is 6.07 Å². The number of anilines is 1. The van der Waals surface area contributed by atoms with Crippen molar-refractivity contribution in [2.45, 2.75) is 11.2 Å². The lowest BCUT2D eigenvalue weighted by molar-refractivity contribution is -0.137. The quantitative estimate of drug-likeness (QED) is 0.454. The second-order valence-electron chi connectivity index (χ2n) is 5.77. The highest BCUT2D eigenvalue weighted by atomic mass is 32.2. The first-order chi connectivity index (χ1) is 12.5. The van der Waals surface area contributed by atoms with Gasteiger partial charge in [0.25, 0.3) is 11.7 Å². The average Bonchev–Trinajstić information content (AvgIpc) is 2.59. The van der Waals surface area contributed by atoms with Crippen LogP contribution in [0.1, 0.15) is 11.1 Å². The number of nitriles is 1. The third kappa shape index (κ3) is 4.12. The van der Waals surface area contributed by atoms with E-state index in [2.05, 4.69) is 9.97 Å². The van der Waals surface area contributed by atoms with E-state index in [1.165, 1.54) is 19.2 Å². The van der Waals surface area contributed by atoms with E-state index in [1.807, 2.05) is 6.07 Å². The van der Waals surface area contributed by atoms with Crippen LogP contribution in [0.3, 0.4) is 0 Å². The first kappa shape index (κ1) is 20.5. The van der Waals surface area contributed by atoms with Crippen molar-refractivity contribution in [2.24, 2.45) is 5.73 Å². The van der Waals surface area contributed by atoms with Crippen LogP contribution in [0.25, 0.3) is 0 Å². The minimum Gasteiger partial charge on any atom is -0.368 e. The molecule has 0 saturated carbocycles. The normalized spacial score (nSPS) is 13.6. The molecule has 1 aromatic heterocycles. The number of carbonyl (C=O) groups is 1. The predicted octanol–water partition coefficient (Wildman–Crippen LogP) is 2.43. The molecular weight excluding hydrogens is 381 g/mol. The lowest BCUT2D eigenvalue weighted by atomic mass is 10.1. The standard InChI is InChI=1S/C16H15F3N6OS/c1-25(8-12(21)26,10-5-3-4-9(6-10)16(17,18)19)13-11(7-20)14(27-2)24-15(22)23-13/h3-6H,8H2,1-2H3,(H3-,21,22,23,24,26)/p+1. The lowest BCUT2D eigenvalue weighted by Gasteiger charge is -2.32. The Kier molecular flexibility index (Phi) is 5.62. The Balaban J connectivity index is 2.83. The molecule has 142 valence electrons. The number of nitrogen functional groups attached to an aromatic ring is 1. The van der Waals surface area contributed by atoms with E-state index in [9.17, 15) is 23.2 Å². The van der Waals surface area contributed by atoms with E-state index in [0.29, 0.717) is 0 Å². The number of quaternary nitrogens is 1. The summed E-state index contributed by atoms with van der Waals surface area (Å²) in [6.45, 7) is -0.430. The summed E-state index contributed by atoms with van der Waals surface area (Å²) in [5, 5.41) is 9.81. The molecule has 1 atom stereocenters. The van der Waals surface area contributed by atoms with Crippen molar-refractivity contribution >= 4 is 35.1 Å². The van der Waals surface area contributed by atoms with Gasteiger partial charge in [0.1, 0.15) is 16.8 Å². The maximum Gasteiger partial charge on any atom is 0.416 e. The minimum absolute atomic E-state index is 0.00697. The van der Waals surface area contributed by atoms with Gasteiger partial charge in [-0.25, -0.2) is 9.47 Å². The molecule has 0 fully saturated rings. The van der Waals surface area contributed by atoms with Crippen LogP contribution in [-0.2, 0) is 11.0 Å². The molecule has 0 spiro atoms. The molecule has 4 N–H and O–H groups in total. The molecule has 0 aliphatic heterocycles. The second kappa shape index (κ2) is 7.42. The van der Waals surface area contributed by atoms with E-state index < -0.39 is 28.7 Å². The van der Waals surface area contributed by atoms with Crippen molar-refractivity contribution in [1.29, 1.82) is 5.26 Å². The average molecular weight is 397 g/mol. The van der Waals surface area contributed by atoms with Crippen LogP contribution < -0.4 is 16.0 Å². The Morgan fingerprint density at radius 1 is 1.37 bits per heavy atom. The highest BCUT2D eigenvalue weighted by molar-refractivity contribution is 7.98. The number of likely N-dealkylation sites (N-methyl/N-ethyl adjacent to an activating group) is 1. The summed E-state index contributed by atoms with van der Waals surface area (Å²) >= 11 is 1.13. The number of nitrogens with two attached hydrogens (primary N) is 2. The number of alkyl halides is 3.